The summed E-state index contributed by atoms with van der Waals surface area (Å²) in [5.74, 6) is 0.791. The summed E-state index contributed by atoms with van der Waals surface area (Å²) < 4.78 is 37.2. The first-order chi connectivity index (χ1) is 18.0. The number of hydrogen-bond acceptors (Lipinski definition) is 9. The molecular weight excluding hydrogens is 490 g/mol. The van der Waals surface area contributed by atoms with Crippen molar-refractivity contribution >= 4 is 26.6 Å². The van der Waals surface area contributed by atoms with Crippen LogP contribution in [-0.4, -0.2) is 68.8 Å². The van der Waals surface area contributed by atoms with E-state index in [1.165, 1.54) is 6.26 Å². The number of nitrogens with one attached hydrogen (secondary N) is 1. The molecule has 1 aromatic carbocycles. The Bertz CT molecular complexity index is 1430. The van der Waals surface area contributed by atoms with Crippen LogP contribution in [0.2, 0.25) is 0 Å². The third-order valence-corrected chi connectivity index (χ3v) is 8.36. The van der Waals surface area contributed by atoms with Gasteiger partial charge in [0, 0.05) is 49.3 Å². The highest BCUT2D eigenvalue weighted by Gasteiger charge is 2.33. The molecule has 6 rings (SSSR count). The Kier molecular flexibility index (Phi) is 6.58. The molecule has 1 N–H and O–H groups in total. The first-order valence-corrected chi connectivity index (χ1v) is 14.6. The van der Waals surface area contributed by atoms with Gasteiger partial charge in [0.2, 0.25) is 0 Å². The van der Waals surface area contributed by atoms with E-state index in [1.54, 1.807) is 18.3 Å². The van der Waals surface area contributed by atoms with Gasteiger partial charge >= 0.3 is 0 Å². The fourth-order valence-corrected chi connectivity index (χ4v) is 6.29. The minimum Gasteiger partial charge on any atom is -0.378 e. The Morgan fingerprint density at radius 2 is 1.89 bits per heavy atom. The Hall–Kier alpha value is -3.05. The van der Waals surface area contributed by atoms with Crippen LogP contribution in [-0.2, 0) is 19.3 Å². The molecule has 2 atom stereocenters. The fourth-order valence-electron chi connectivity index (χ4n) is 5.39. The zero-order valence-electron chi connectivity index (χ0n) is 20.8. The van der Waals surface area contributed by atoms with Crippen LogP contribution in [0.4, 0.5) is 5.82 Å². The van der Waals surface area contributed by atoms with Crippen molar-refractivity contribution in [3.05, 3.63) is 60.6 Å². The molecular formula is C27H31N5O4S. The molecule has 2 unspecified atom stereocenters. The first-order valence-electron chi connectivity index (χ1n) is 12.8. The first kappa shape index (κ1) is 24.3. The predicted molar refractivity (Wildman–Crippen MR) is 142 cm³/mol. The summed E-state index contributed by atoms with van der Waals surface area (Å²) in [5, 5.41) is 2.97. The molecule has 0 bridgehead atoms. The molecule has 3 aliphatic heterocycles. The number of rotatable bonds is 5. The number of benzene rings is 1. The molecule has 0 saturated carbocycles. The normalized spacial score (nSPS) is 22.9. The van der Waals surface area contributed by atoms with Gasteiger partial charge in [0.15, 0.2) is 9.84 Å². The lowest BCUT2D eigenvalue weighted by atomic mass is 9.99. The van der Waals surface area contributed by atoms with Gasteiger partial charge in [-0.2, -0.15) is 5.01 Å². The van der Waals surface area contributed by atoms with Crippen LogP contribution in [0.15, 0.2) is 59.8 Å². The summed E-state index contributed by atoms with van der Waals surface area (Å²) >= 11 is 0. The molecule has 194 valence electrons. The van der Waals surface area contributed by atoms with Crippen LogP contribution in [0.1, 0.15) is 31.0 Å². The number of morpholine rings is 1. The van der Waals surface area contributed by atoms with Crippen molar-refractivity contribution in [1.29, 1.82) is 0 Å². The number of hydrogen-bond donors (Lipinski definition) is 1. The molecule has 2 saturated heterocycles. The average Bonchev–Trinajstić information content (AvgIpc) is 3.42. The molecule has 2 fully saturated rings. The highest BCUT2D eigenvalue weighted by Crippen LogP contribution is 2.39. The third-order valence-electron chi connectivity index (χ3n) is 7.20. The van der Waals surface area contributed by atoms with Crippen molar-refractivity contribution in [3.8, 4) is 11.1 Å². The minimum absolute atomic E-state index is 0.0568. The summed E-state index contributed by atoms with van der Waals surface area (Å²) in [6.07, 6.45) is 10.1. The molecule has 9 nitrogen and oxygen atoms in total. The van der Waals surface area contributed by atoms with Crippen LogP contribution in [0, 0.1) is 0 Å². The van der Waals surface area contributed by atoms with E-state index < -0.39 is 9.84 Å². The quantitative estimate of drug-likeness (QED) is 0.542. The third kappa shape index (κ3) is 4.70. The van der Waals surface area contributed by atoms with Gasteiger partial charge in [-0.05, 0) is 49.1 Å². The van der Waals surface area contributed by atoms with E-state index in [0.29, 0.717) is 36.8 Å². The van der Waals surface area contributed by atoms with Crippen LogP contribution in [0.5, 0.6) is 0 Å². The SMILES string of the molecule is CS(=O)(=O)c1ccccc1-c1cc(N2CCOCC2)nc2c(C3C=CNN3C3CCCCO3)nccc12. The van der Waals surface area contributed by atoms with E-state index in [0.717, 1.165) is 53.8 Å². The zero-order valence-corrected chi connectivity index (χ0v) is 21.7. The topological polar surface area (TPSA) is 96.9 Å². The molecule has 37 heavy (non-hydrogen) atoms. The standard InChI is InChI=1S/C27H31N5O4S/c1-37(33,34)23-7-3-2-6-19(23)21-18-24(31-13-16-35-17-14-31)30-26-20(21)9-11-28-27(26)22-10-12-29-32(22)25-8-4-5-15-36-25/h2-3,6-7,9-12,18,22,25,29H,4-5,8,13-17H2,1H3. The van der Waals surface area contributed by atoms with Crippen LogP contribution in [0.25, 0.3) is 22.0 Å². The molecule has 10 heteroatoms. The van der Waals surface area contributed by atoms with Crippen molar-refractivity contribution < 1.29 is 17.9 Å². The number of pyridine rings is 2. The maximum atomic E-state index is 12.8. The van der Waals surface area contributed by atoms with Crippen molar-refractivity contribution in [1.82, 2.24) is 20.4 Å². The second kappa shape index (κ2) is 10.0. The zero-order chi connectivity index (χ0) is 25.4. The highest BCUT2D eigenvalue weighted by atomic mass is 32.2. The minimum atomic E-state index is -3.45. The van der Waals surface area contributed by atoms with Gasteiger partial charge in [0.25, 0.3) is 0 Å². The van der Waals surface area contributed by atoms with E-state index >= 15 is 0 Å². The summed E-state index contributed by atoms with van der Waals surface area (Å²) in [6.45, 7) is 3.42. The highest BCUT2D eigenvalue weighted by molar-refractivity contribution is 7.90. The van der Waals surface area contributed by atoms with Gasteiger partial charge in [-0.1, -0.05) is 18.2 Å². The second-order valence-electron chi connectivity index (χ2n) is 9.65. The number of ether oxygens (including phenoxy) is 2. The van der Waals surface area contributed by atoms with Gasteiger partial charge in [0.1, 0.15) is 12.0 Å². The van der Waals surface area contributed by atoms with E-state index in [9.17, 15) is 8.42 Å². The van der Waals surface area contributed by atoms with Crippen molar-refractivity contribution in [2.45, 2.75) is 36.4 Å². The summed E-state index contributed by atoms with van der Waals surface area (Å²) in [6, 6.07) is 10.9. The molecule has 5 heterocycles. The predicted octanol–water partition coefficient (Wildman–Crippen LogP) is 3.44. The van der Waals surface area contributed by atoms with Crippen molar-refractivity contribution in [3.63, 3.8) is 0 Å². The Morgan fingerprint density at radius 3 is 2.68 bits per heavy atom. The van der Waals surface area contributed by atoms with E-state index in [1.807, 2.05) is 30.5 Å². The second-order valence-corrected chi connectivity index (χ2v) is 11.6. The molecule has 3 aromatic rings. The van der Waals surface area contributed by atoms with Gasteiger partial charge in [-0.25, -0.2) is 13.4 Å². The summed E-state index contributed by atoms with van der Waals surface area (Å²) in [4.78, 5) is 12.4. The smallest absolute Gasteiger partial charge is 0.176 e. The van der Waals surface area contributed by atoms with E-state index in [4.69, 9.17) is 19.4 Å². The largest absolute Gasteiger partial charge is 0.378 e. The van der Waals surface area contributed by atoms with Crippen LogP contribution < -0.4 is 10.3 Å². The molecule has 0 spiro atoms. The maximum absolute atomic E-state index is 12.8. The van der Waals surface area contributed by atoms with Gasteiger partial charge < -0.3 is 19.8 Å². The number of anilines is 1. The Balaban J connectivity index is 1.55. The lowest BCUT2D eigenvalue weighted by Crippen LogP contribution is -2.45. The number of nitrogens with zero attached hydrogens (tertiary/aromatic N) is 4. The summed E-state index contributed by atoms with van der Waals surface area (Å²) in [5.41, 5.74) is 6.40. The lowest BCUT2D eigenvalue weighted by molar-refractivity contribution is -0.109. The maximum Gasteiger partial charge on any atom is 0.176 e. The van der Waals surface area contributed by atoms with Gasteiger partial charge in [-0.15, -0.1) is 0 Å². The van der Waals surface area contributed by atoms with Gasteiger partial charge in [-0.3, -0.25) is 4.98 Å². The Morgan fingerprint density at radius 1 is 1.05 bits per heavy atom. The number of hydrazine groups is 1. The van der Waals surface area contributed by atoms with E-state index in [-0.39, 0.29) is 12.3 Å². The molecule has 0 radical (unpaired) electrons. The molecule has 3 aliphatic rings. The lowest BCUT2D eigenvalue weighted by Gasteiger charge is -2.35. The van der Waals surface area contributed by atoms with Crippen LogP contribution in [0.3, 0.4) is 0 Å². The molecule has 0 aliphatic carbocycles. The monoisotopic (exact) mass is 521 g/mol. The molecule has 2 aromatic heterocycles. The van der Waals surface area contributed by atoms with Crippen molar-refractivity contribution in [2.24, 2.45) is 0 Å². The Labute approximate surface area is 217 Å². The van der Waals surface area contributed by atoms with Crippen molar-refractivity contribution in [2.75, 3.05) is 44.1 Å². The number of sulfone groups is 1. The number of aromatic nitrogens is 2. The van der Waals surface area contributed by atoms with Crippen LogP contribution >= 0.6 is 0 Å². The van der Waals surface area contributed by atoms with Gasteiger partial charge in [0.05, 0.1) is 35.4 Å². The van der Waals surface area contributed by atoms with E-state index in [2.05, 4.69) is 21.4 Å². The average molecular weight is 522 g/mol. The fraction of sp³-hybridized carbons (Fsp3) is 0.407. The molecule has 0 amide bonds. The summed E-state index contributed by atoms with van der Waals surface area (Å²) in [7, 11) is -3.45. The number of fused-ring (bicyclic) bond motifs is 1.